The third-order valence-electron chi connectivity index (χ3n) is 2.81. The third-order valence-corrected chi connectivity index (χ3v) is 2.81. The molecule has 1 fully saturated rings. The van der Waals surface area contributed by atoms with E-state index in [1.165, 1.54) is 0 Å². The summed E-state index contributed by atoms with van der Waals surface area (Å²) in [6.07, 6.45) is 3.24. The number of carbonyl (C=O) groups is 1. The van der Waals surface area contributed by atoms with Crippen LogP contribution in [0.4, 0.5) is 0 Å². The highest BCUT2D eigenvalue weighted by Gasteiger charge is 2.25. The normalized spacial score (nSPS) is 19.0. The van der Waals surface area contributed by atoms with E-state index >= 15 is 0 Å². The standard InChI is InChI=1S/C11H22N2O/c1-9(2)7-10(8-12)11(14)13-5-3-4-6-13/h9-10H,3-8,12H2,1-2H3. The molecule has 0 spiro atoms. The van der Waals surface area contributed by atoms with Crippen LogP contribution in [0.2, 0.25) is 0 Å². The summed E-state index contributed by atoms with van der Waals surface area (Å²) in [6.45, 7) is 6.65. The Hall–Kier alpha value is -0.570. The zero-order chi connectivity index (χ0) is 10.6. The third kappa shape index (κ3) is 2.98. The van der Waals surface area contributed by atoms with Crippen LogP contribution in [0.3, 0.4) is 0 Å². The van der Waals surface area contributed by atoms with Gasteiger partial charge in [0.1, 0.15) is 0 Å². The van der Waals surface area contributed by atoms with Gasteiger partial charge in [0.25, 0.3) is 0 Å². The average Bonchev–Trinajstić information content (AvgIpc) is 2.65. The van der Waals surface area contributed by atoms with Crippen molar-refractivity contribution in [1.82, 2.24) is 4.90 Å². The molecule has 0 aromatic carbocycles. The Labute approximate surface area is 86.6 Å². The lowest BCUT2D eigenvalue weighted by atomic mass is 9.96. The maximum Gasteiger partial charge on any atom is 0.226 e. The van der Waals surface area contributed by atoms with Gasteiger partial charge in [-0.3, -0.25) is 4.79 Å². The SMILES string of the molecule is CC(C)CC(CN)C(=O)N1CCCC1. The van der Waals surface area contributed by atoms with Gasteiger partial charge in [0, 0.05) is 19.6 Å². The maximum atomic E-state index is 12.0. The molecule has 1 heterocycles. The number of amides is 1. The maximum absolute atomic E-state index is 12.0. The van der Waals surface area contributed by atoms with Crippen LogP contribution in [0.1, 0.15) is 33.1 Å². The van der Waals surface area contributed by atoms with Crippen molar-refractivity contribution in [3.05, 3.63) is 0 Å². The number of rotatable bonds is 4. The Morgan fingerprint density at radius 3 is 2.36 bits per heavy atom. The van der Waals surface area contributed by atoms with Crippen molar-refractivity contribution in [3.8, 4) is 0 Å². The van der Waals surface area contributed by atoms with E-state index in [4.69, 9.17) is 5.73 Å². The summed E-state index contributed by atoms with van der Waals surface area (Å²) in [5.74, 6) is 0.877. The lowest BCUT2D eigenvalue weighted by molar-refractivity contribution is -0.134. The Bertz CT molecular complexity index is 186. The van der Waals surface area contributed by atoms with E-state index in [0.29, 0.717) is 12.5 Å². The molecule has 0 aromatic rings. The molecule has 2 N–H and O–H groups in total. The summed E-state index contributed by atoms with van der Waals surface area (Å²) in [4.78, 5) is 13.9. The molecule has 0 radical (unpaired) electrons. The zero-order valence-corrected chi connectivity index (χ0v) is 9.33. The number of hydrogen-bond donors (Lipinski definition) is 1. The second-order valence-corrected chi connectivity index (χ2v) is 4.59. The number of nitrogens with zero attached hydrogens (tertiary/aromatic N) is 1. The molecule has 3 nitrogen and oxygen atoms in total. The first-order chi connectivity index (χ1) is 6.65. The molecule has 0 bridgehead atoms. The quantitative estimate of drug-likeness (QED) is 0.738. The number of hydrogen-bond acceptors (Lipinski definition) is 2. The molecule has 1 unspecified atom stereocenters. The van der Waals surface area contributed by atoms with E-state index in [1.807, 2.05) is 4.90 Å². The largest absolute Gasteiger partial charge is 0.342 e. The summed E-state index contributed by atoms with van der Waals surface area (Å²) in [6, 6.07) is 0. The monoisotopic (exact) mass is 198 g/mol. The fraction of sp³-hybridized carbons (Fsp3) is 0.909. The Kier molecular flexibility index (Phi) is 4.39. The summed E-state index contributed by atoms with van der Waals surface area (Å²) in [7, 11) is 0. The minimum absolute atomic E-state index is 0.0492. The molecule has 14 heavy (non-hydrogen) atoms. The lowest BCUT2D eigenvalue weighted by Gasteiger charge is -2.23. The molecule has 0 saturated carbocycles. The Balaban J connectivity index is 2.46. The Morgan fingerprint density at radius 2 is 1.93 bits per heavy atom. The number of nitrogens with two attached hydrogens (primary N) is 1. The van der Waals surface area contributed by atoms with Gasteiger partial charge in [-0.1, -0.05) is 13.8 Å². The van der Waals surface area contributed by atoms with E-state index < -0.39 is 0 Å². The first-order valence-corrected chi connectivity index (χ1v) is 5.64. The topological polar surface area (TPSA) is 46.3 Å². The van der Waals surface area contributed by atoms with Crippen molar-refractivity contribution in [2.24, 2.45) is 17.6 Å². The van der Waals surface area contributed by atoms with E-state index in [9.17, 15) is 4.79 Å². The van der Waals surface area contributed by atoms with Crippen LogP contribution in [0.5, 0.6) is 0 Å². The first-order valence-electron chi connectivity index (χ1n) is 5.64. The van der Waals surface area contributed by atoms with Gasteiger partial charge in [-0.2, -0.15) is 0 Å². The van der Waals surface area contributed by atoms with Crippen LogP contribution >= 0.6 is 0 Å². The molecule has 1 rings (SSSR count). The molecule has 1 atom stereocenters. The molecule has 1 aliphatic rings. The molecular weight excluding hydrogens is 176 g/mol. The van der Waals surface area contributed by atoms with Gasteiger partial charge < -0.3 is 10.6 Å². The van der Waals surface area contributed by atoms with Crippen molar-refractivity contribution in [1.29, 1.82) is 0 Å². The molecule has 3 heteroatoms. The molecule has 1 aliphatic heterocycles. The molecule has 82 valence electrons. The van der Waals surface area contributed by atoms with E-state index in [-0.39, 0.29) is 11.8 Å². The second kappa shape index (κ2) is 5.35. The molecule has 0 aliphatic carbocycles. The predicted molar refractivity (Wildman–Crippen MR) is 57.8 cm³/mol. The molecule has 0 aromatic heterocycles. The average molecular weight is 198 g/mol. The number of likely N-dealkylation sites (tertiary alicyclic amines) is 1. The van der Waals surface area contributed by atoms with Crippen molar-refractivity contribution < 1.29 is 4.79 Å². The van der Waals surface area contributed by atoms with Crippen molar-refractivity contribution in [2.75, 3.05) is 19.6 Å². The van der Waals surface area contributed by atoms with Crippen LogP contribution in [0.25, 0.3) is 0 Å². The second-order valence-electron chi connectivity index (χ2n) is 4.59. The van der Waals surface area contributed by atoms with Crippen molar-refractivity contribution in [3.63, 3.8) is 0 Å². The highest BCUT2D eigenvalue weighted by atomic mass is 16.2. The van der Waals surface area contributed by atoms with Gasteiger partial charge in [0.2, 0.25) is 5.91 Å². The predicted octanol–water partition coefficient (Wildman–Crippen LogP) is 1.23. The minimum atomic E-state index is 0.0492. The minimum Gasteiger partial charge on any atom is -0.342 e. The summed E-state index contributed by atoms with van der Waals surface area (Å²) < 4.78 is 0. The van der Waals surface area contributed by atoms with E-state index in [2.05, 4.69) is 13.8 Å². The van der Waals surface area contributed by atoms with Gasteiger partial charge in [-0.15, -0.1) is 0 Å². The van der Waals surface area contributed by atoms with Crippen LogP contribution < -0.4 is 5.73 Å². The fourth-order valence-corrected chi connectivity index (χ4v) is 2.06. The zero-order valence-electron chi connectivity index (χ0n) is 9.33. The van der Waals surface area contributed by atoms with Crippen LogP contribution in [0, 0.1) is 11.8 Å². The van der Waals surface area contributed by atoms with Crippen LogP contribution in [-0.4, -0.2) is 30.4 Å². The van der Waals surface area contributed by atoms with Gasteiger partial charge in [-0.25, -0.2) is 0 Å². The molecular formula is C11H22N2O. The van der Waals surface area contributed by atoms with Gasteiger partial charge >= 0.3 is 0 Å². The first kappa shape index (κ1) is 11.5. The van der Waals surface area contributed by atoms with Crippen molar-refractivity contribution >= 4 is 5.91 Å². The van der Waals surface area contributed by atoms with E-state index in [1.54, 1.807) is 0 Å². The van der Waals surface area contributed by atoms with Gasteiger partial charge in [0.15, 0.2) is 0 Å². The summed E-state index contributed by atoms with van der Waals surface area (Å²) in [5.41, 5.74) is 5.64. The highest BCUT2D eigenvalue weighted by molar-refractivity contribution is 5.79. The van der Waals surface area contributed by atoms with Crippen LogP contribution in [0.15, 0.2) is 0 Å². The Morgan fingerprint density at radius 1 is 1.36 bits per heavy atom. The van der Waals surface area contributed by atoms with Gasteiger partial charge in [-0.05, 0) is 25.2 Å². The lowest BCUT2D eigenvalue weighted by Crippen LogP contribution is -2.37. The smallest absolute Gasteiger partial charge is 0.226 e. The molecule has 1 saturated heterocycles. The van der Waals surface area contributed by atoms with Crippen LogP contribution in [-0.2, 0) is 4.79 Å². The van der Waals surface area contributed by atoms with Gasteiger partial charge in [0.05, 0.1) is 5.92 Å². The fourth-order valence-electron chi connectivity index (χ4n) is 2.06. The van der Waals surface area contributed by atoms with Crippen molar-refractivity contribution in [2.45, 2.75) is 33.1 Å². The molecule has 1 amide bonds. The van der Waals surface area contributed by atoms with E-state index in [0.717, 1.165) is 32.4 Å². The summed E-state index contributed by atoms with van der Waals surface area (Å²) >= 11 is 0. The highest BCUT2D eigenvalue weighted by Crippen LogP contribution is 2.17. The number of carbonyl (C=O) groups excluding carboxylic acids is 1. The summed E-state index contributed by atoms with van der Waals surface area (Å²) in [5, 5.41) is 0.